The van der Waals surface area contributed by atoms with Crippen LogP contribution in [0.1, 0.15) is 16.1 Å². The molecule has 0 bridgehead atoms. The summed E-state index contributed by atoms with van der Waals surface area (Å²) in [4.78, 5) is 3.74. The second-order valence-corrected chi connectivity index (χ2v) is 5.33. The van der Waals surface area contributed by atoms with Crippen LogP contribution in [0.15, 0.2) is 17.5 Å². The molecular weight excluding hydrogens is 232 g/mol. The Morgan fingerprint density at radius 3 is 2.94 bits per heavy atom. The zero-order valence-corrected chi connectivity index (χ0v) is 11.0. The second-order valence-electron chi connectivity index (χ2n) is 4.33. The number of likely N-dealkylation sites (N-methyl/N-ethyl adjacent to an activating group) is 1. The Kier molecular flexibility index (Phi) is 3.81. The molecule has 0 aromatic carbocycles. The molecule has 4 nitrogen and oxygen atoms in total. The SMILES string of the molecule is Cc1ccsc1CCN(C)Cc1cc(N)n[nH]1. The molecule has 0 aliphatic rings. The van der Waals surface area contributed by atoms with Crippen molar-refractivity contribution in [3.05, 3.63) is 33.6 Å². The minimum absolute atomic E-state index is 0.558. The fourth-order valence-electron chi connectivity index (χ4n) is 1.78. The number of H-pyrrole nitrogens is 1. The number of nitrogens with two attached hydrogens (primary N) is 1. The van der Waals surface area contributed by atoms with E-state index in [1.807, 2.05) is 17.4 Å². The van der Waals surface area contributed by atoms with Gasteiger partial charge in [0.2, 0.25) is 0 Å². The van der Waals surface area contributed by atoms with Gasteiger partial charge in [0.05, 0.1) is 5.69 Å². The minimum atomic E-state index is 0.558. The summed E-state index contributed by atoms with van der Waals surface area (Å²) in [5, 5.41) is 9.00. The molecule has 0 saturated heterocycles. The Labute approximate surface area is 105 Å². The van der Waals surface area contributed by atoms with Crippen LogP contribution < -0.4 is 5.73 Å². The first kappa shape index (κ1) is 12.1. The Morgan fingerprint density at radius 1 is 1.53 bits per heavy atom. The van der Waals surface area contributed by atoms with Gasteiger partial charge in [-0.2, -0.15) is 5.10 Å². The molecule has 2 rings (SSSR count). The Morgan fingerprint density at radius 2 is 2.35 bits per heavy atom. The van der Waals surface area contributed by atoms with Crippen LogP contribution in [-0.4, -0.2) is 28.7 Å². The zero-order valence-electron chi connectivity index (χ0n) is 10.2. The first-order valence-corrected chi connectivity index (χ1v) is 6.54. The highest BCUT2D eigenvalue weighted by Crippen LogP contribution is 2.16. The zero-order chi connectivity index (χ0) is 12.3. The number of anilines is 1. The second kappa shape index (κ2) is 5.33. The van der Waals surface area contributed by atoms with E-state index in [1.165, 1.54) is 10.4 Å². The van der Waals surface area contributed by atoms with Gasteiger partial charge in [0.1, 0.15) is 5.82 Å². The van der Waals surface area contributed by atoms with Crippen molar-refractivity contribution in [1.82, 2.24) is 15.1 Å². The highest BCUT2D eigenvalue weighted by atomic mass is 32.1. The van der Waals surface area contributed by atoms with Crippen molar-refractivity contribution in [2.75, 3.05) is 19.3 Å². The molecule has 0 spiro atoms. The van der Waals surface area contributed by atoms with Gasteiger partial charge in [0, 0.05) is 24.0 Å². The lowest BCUT2D eigenvalue weighted by Gasteiger charge is -2.14. The summed E-state index contributed by atoms with van der Waals surface area (Å²) in [5.41, 5.74) is 8.03. The predicted molar refractivity (Wildman–Crippen MR) is 72.1 cm³/mol. The molecule has 0 fully saturated rings. The lowest BCUT2D eigenvalue weighted by Crippen LogP contribution is -2.20. The quantitative estimate of drug-likeness (QED) is 0.853. The van der Waals surface area contributed by atoms with Crippen molar-refractivity contribution >= 4 is 17.2 Å². The largest absolute Gasteiger partial charge is 0.382 e. The number of aromatic nitrogens is 2. The maximum absolute atomic E-state index is 5.57. The van der Waals surface area contributed by atoms with E-state index >= 15 is 0 Å². The molecule has 0 aliphatic heterocycles. The molecule has 0 radical (unpaired) electrons. The van der Waals surface area contributed by atoms with E-state index in [4.69, 9.17) is 5.73 Å². The lowest BCUT2D eigenvalue weighted by molar-refractivity contribution is 0.327. The number of hydrogen-bond donors (Lipinski definition) is 2. The molecule has 0 amide bonds. The van der Waals surface area contributed by atoms with Crippen LogP contribution in [0.4, 0.5) is 5.82 Å². The highest BCUT2D eigenvalue weighted by Gasteiger charge is 2.05. The molecule has 2 aromatic heterocycles. The standard InChI is InChI=1S/C12H18N4S/c1-9-4-6-17-11(9)3-5-16(2)8-10-7-12(13)15-14-10/h4,6-7H,3,5,8H2,1-2H3,(H3,13,14,15). The van der Waals surface area contributed by atoms with Crippen LogP contribution in [0.2, 0.25) is 0 Å². The van der Waals surface area contributed by atoms with Gasteiger partial charge in [-0.05, 0) is 37.4 Å². The van der Waals surface area contributed by atoms with Gasteiger partial charge in [-0.3, -0.25) is 5.10 Å². The van der Waals surface area contributed by atoms with Gasteiger partial charge >= 0.3 is 0 Å². The maximum Gasteiger partial charge on any atom is 0.145 e. The maximum atomic E-state index is 5.57. The summed E-state index contributed by atoms with van der Waals surface area (Å²) in [5.74, 6) is 0.558. The number of rotatable bonds is 5. The first-order chi connectivity index (χ1) is 8.15. The number of aromatic amines is 1. The molecule has 0 atom stereocenters. The predicted octanol–water partition coefficient (Wildman–Crippen LogP) is 2.04. The van der Waals surface area contributed by atoms with Gasteiger partial charge in [-0.25, -0.2) is 0 Å². The molecule has 0 unspecified atom stereocenters. The number of nitrogens with zero attached hydrogens (tertiary/aromatic N) is 2. The van der Waals surface area contributed by atoms with Gasteiger partial charge in [-0.15, -0.1) is 11.3 Å². The van der Waals surface area contributed by atoms with Crippen LogP contribution in [0, 0.1) is 6.92 Å². The van der Waals surface area contributed by atoms with E-state index in [9.17, 15) is 0 Å². The summed E-state index contributed by atoms with van der Waals surface area (Å²) in [7, 11) is 2.11. The monoisotopic (exact) mass is 250 g/mol. The van der Waals surface area contributed by atoms with E-state index in [0.717, 1.165) is 25.2 Å². The fourth-order valence-corrected chi connectivity index (χ4v) is 2.68. The molecule has 17 heavy (non-hydrogen) atoms. The van der Waals surface area contributed by atoms with E-state index in [0.29, 0.717) is 5.82 Å². The number of aryl methyl sites for hydroxylation is 1. The number of nitrogens with one attached hydrogen (secondary N) is 1. The summed E-state index contributed by atoms with van der Waals surface area (Å²) in [6.07, 6.45) is 1.10. The Hall–Kier alpha value is -1.33. The molecule has 92 valence electrons. The van der Waals surface area contributed by atoms with Crippen molar-refractivity contribution in [3.8, 4) is 0 Å². The molecular formula is C12H18N4S. The summed E-state index contributed by atoms with van der Waals surface area (Å²) in [6, 6.07) is 4.06. The molecule has 2 heterocycles. The Balaban J connectivity index is 1.82. The molecule has 2 aromatic rings. The van der Waals surface area contributed by atoms with Gasteiger partial charge in [0.25, 0.3) is 0 Å². The number of hydrogen-bond acceptors (Lipinski definition) is 4. The topological polar surface area (TPSA) is 57.9 Å². The molecule has 0 aliphatic carbocycles. The number of nitrogen functional groups attached to an aromatic ring is 1. The third-order valence-electron chi connectivity index (χ3n) is 2.78. The average Bonchev–Trinajstić information content (AvgIpc) is 2.85. The van der Waals surface area contributed by atoms with E-state index in [2.05, 4.69) is 40.5 Å². The summed E-state index contributed by atoms with van der Waals surface area (Å²) >= 11 is 1.84. The highest BCUT2D eigenvalue weighted by molar-refractivity contribution is 7.10. The van der Waals surface area contributed by atoms with E-state index < -0.39 is 0 Å². The van der Waals surface area contributed by atoms with Crippen LogP contribution in [0.25, 0.3) is 0 Å². The normalized spacial score (nSPS) is 11.2. The molecule has 5 heteroatoms. The van der Waals surface area contributed by atoms with E-state index in [-0.39, 0.29) is 0 Å². The fraction of sp³-hybridized carbons (Fsp3) is 0.417. The smallest absolute Gasteiger partial charge is 0.145 e. The summed E-state index contributed by atoms with van der Waals surface area (Å²) in [6.45, 7) is 4.07. The van der Waals surface area contributed by atoms with Crippen LogP contribution in [0.5, 0.6) is 0 Å². The van der Waals surface area contributed by atoms with Crippen molar-refractivity contribution in [2.24, 2.45) is 0 Å². The summed E-state index contributed by atoms with van der Waals surface area (Å²) < 4.78 is 0. The van der Waals surface area contributed by atoms with E-state index in [1.54, 1.807) is 0 Å². The van der Waals surface area contributed by atoms with Crippen LogP contribution in [0.3, 0.4) is 0 Å². The van der Waals surface area contributed by atoms with Crippen molar-refractivity contribution < 1.29 is 0 Å². The van der Waals surface area contributed by atoms with Crippen LogP contribution >= 0.6 is 11.3 Å². The Bertz CT molecular complexity index is 474. The van der Waals surface area contributed by atoms with Gasteiger partial charge < -0.3 is 10.6 Å². The molecule has 0 saturated carbocycles. The lowest BCUT2D eigenvalue weighted by atomic mass is 10.2. The van der Waals surface area contributed by atoms with Crippen molar-refractivity contribution in [2.45, 2.75) is 19.9 Å². The van der Waals surface area contributed by atoms with Gasteiger partial charge in [-0.1, -0.05) is 0 Å². The molecule has 3 N–H and O–H groups in total. The average molecular weight is 250 g/mol. The third-order valence-corrected chi connectivity index (χ3v) is 3.86. The minimum Gasteiger partial charge on any atom is -0.382 e. The number of thiophene rings is 1. The van der Waals surface area contributed by atoms with Crippen molar-refractivity contribution in [1.29, 1.82) is 0 Å². The van der Waals surface area contributed by atoms with Crippen LogP contribution in [-0.2, 0) is 13.0 Å². The van der Waals surface area contributed by atoms with Gasteiger partial charge in [0.15, 0.2) is 0 Å². The van der Waals surface area contributed by atoms with Crippen molar-refractivity contribution in [3.63, 3.8) is 0 Å². The third kappa shape index (κ3) is 3.31. The first-order valence-electron chi connectivity index (χ1n) is 5.66.